The lowest BCUT2D eigenvalue weighted by Gasteiger charge is -2.41. The second-order valence-corrected chi connectivity index (χ2v) is 6.52. The van der Waals surface area contributed by atoms with E-state index in [9.17, 15) is 0 Å². The third-order valence-corrected chi connectivity index (χ3v) is 4.74. The topological polar surface area (TPSA) is 29.3 Å². The molecule has 92 valence electrons. The molecular weight excluding hydrogens is 196 g/mol. The van der Waals surface area contributed by atoms with Crippen LogP contribution in [0, 0.1) is 11.8 Å². The molecule has 0 aromatic heterocycles. The van der Waals surface area contributed by atoms with E-state index >= 15 is 0 Å². The van der Waals surface area contributed by atoms with Crippen LogP contribution in [0.3, 0.4) is 0 Å². The monoisotopic (exact) mass is 222 g/mol. The van der Waals surface area contributed by atoms with Crippen LogP contribution in [0.4, 0.5) is 0 Å². The van der Waals surface area contributed by atoms with Gasteiger partial charge >= 0.3 is 0 Å². The SMILES string of the molecule is CC1CCC(N)C(N(CC2CC2)C2CC2)C1. The number of nitrogens with two attached hydrogens (primary N) is 1. The van der Waals surface area contributed by atoms with E-state index in [4.69, 9.17) is 5.73 Å². The van der Waals surface area contributed by atoms with Crippen molar-refractivity contribution in [2.75, 3.05) is 6.54 Å². The van der Waals surface area contributed by atoms with E-state index in [1.165, 1.54) is 51.5 Å². The van der Waals surface area contributed by atoms with Gasteiger partial charge in [0.25, 0.3) is 0 Å². The minimum absolute atomic E-state index is 0.454. The maximum atomic E-state index is 6.36. The molecule has 0 spiro atoms. The number of nitrogens with zero attached hydrogens (tertiary/aromatic N) is 1. The molecule has 3 rings (SSSR count). The summed E-state index contributed by atoms with van der Waals surface area (Å²) in [6.45, 7) is 3.76. The predicted molar refractivity (Wildman–Crippen MR) is 67.2 cm³/mol. The third-order valence-electron chi connectivity index (χ3n) is 4.74. The molecule has 3 unspecified atom stereocenters. The van der Waals surface area contributed by atoms with Crippen LogP contribution < -0.4 is 5.73 Å². The molecule has 3 aliphatic carbocycles. The average molecular weight is 222 g/mol. The summed E-state index contributed by atoms with van der Waals surface area (Å²) in [6, 6.07) is 2.06. The van der Waals surface area contributed by atoms with Crippen LogP contribution in [0.5, 0.6) is 0 Å². The molecule has 3 atom stereocenters. The van der Waals surface area contributed by atoms with E-state index < -0.39 is 0 Å². The fourth-order valence-corrected chi connectivity index (χ4v) is 3.32. The van der Waals surface area contributed by atoms with Crippen molar-refractivity contribution >= 4 is 0 Å². The normalized spacial score (nSPS) is 40.3. The quantitative estimate of drug-likeness (QED) is 0.791. The minimum atomic E-state index is 0.454. The molecule has 0 bridgehead atoms. The maximum Gasteiger partial charge on any atom is 0.0252 e. The Balaban J connectivity index is 1.65. The van der Waals surface area contributed by atoms with Gasteiger partial charge in [-0.1, -0.05) is 6.92 Å². The Morgan fingerprint density at radius 1 is 1.06 bits per heavy atom. The van der Waals surface area contributed by atoms with Crippen LogP contribution in [0.2, 0.25) is 0 Å². The molecule has 3 aliphatic rings. The van der Waals surface area contributed by atoms with Crippen molar-refractivity contribution in [3.63, 3.8) is 0 Å². The van der Waals surface area contributed by atoms with Gasteiger partial charge in [0, 0.05) is 24.7 Å². The van der Waals surface area contributed by atoms with E-state index in [-0.39, 0.29) is 0 Å². The first-order chi connectivity index (χ1) is 7.74. The van der Waals surface area contributed by atoms with Crippen LogP contribution in [-0.4, -0.2) is 29.6 Å². The highest BCUT2D eigenvalue weighted by molar-refractivity contribution is 4.97. The number of rotatable bonds is 4. The van der Waals surface area contributed by atoms with Gasteiger partial charge in [0.05, 0.1) is 0 Å². The van der Waals surface area contributed by atoms with E-state index in [1.807, 2.05) is 0 Å². The third kappa shape index (κ3) is 2.43. The van der Waals surface area contributed by atoms with E-state index in [0.29, 0.717) is 12.1 Å². The molecule has 16 heavy (non-hydrogen) atoms. The Morgan fingerprint density at radius 2 is 1.81 bits per heavy atom. The molecule has 2 nitrogen and oxygen atoms in total. The van der Waals surface area contributed by atoms with Gasteiger partial charge < -0.3 is 5.73 Å². The van der Waals surface area contributed by atoms with Crippen LogP contribution in [0.15, 0.2) is 0 Å². The molecule has 0 saturated heterocycles. The van der Waals surface area contributed by atoms with Crippen molar-refractivity contribution in [2.45, 2.75) is 70.0 Å². The Kier molecular flexibility index (Phi) is 2.97. The van der Waals surface area contributed by atoms with Gasteiger partial charge in [-0.2, -0.15) is 0 Å². The van der Waals surface area contributed by atoms with Gasteiger partial charge in [0.15, 0.2) is 0 Å². The Hall–Kier alpha value is -0.0800. The number of hydrogen-bond acceptors (Lipinski definition) is 2. The lowest BCUT2D eigenvalue weighted by Crippen LogP contribution is -2.52. The Morgan fingerprint density at radius 3 is 2.44 bits per heavy atom. The summed E-state index contributed by atoms with van der Waals surface area (Å²) in [5.41, 5.74) is 6.36. The average Bonchev–Trinajstić information content (AvgIpc) is 3.12. The smallest absolute Gasteiger partial charge is 0.0252 e. The molecule has 3 saturated carbocycles. The summed E-state index contributed by atoms with van der Waals surface area (Å²) in [5, 5.41) is 0. The zero-order valence-corrected chi connectivity index (χ0v) is 10.6. The minimum Gasteiger partial charge on any atom is -0.326 e. The number of hydrogen-bond donors (Lipinski definition) is 1. The van der Waals surface area contributed by atoms with E-state index in [0.717, 1.165) is 17.9 Å². The summed E-state index contributed by atoms with van der Waals surface area (Å²) in [7, 11) is 0. The first kappa shape index (κ1) is 11.0. The maximum absolute atomic E-state index is 6.36. The van der Waals surface area contributed by atoms with Gasteiger partial charge in [0.2, 0.25) is 0 Å². The highest BCUT2D eigenvalue weighted by atomic mass is 15.2. The molecule has 0 amide bonds. The molecule has 2 heteroatoms. The van der Waals surface area contributed by atoms with Crippen molar-refractivity contribution in [2.24, 2.45) is 17.6 Å². The first-order valence-corrected chi connectivity index (χ1v) is 7.25. The fourth-order valence-electron chi connectivity index (χ4n) is 3.32. The van der Waals surface area contributed by atoms with Crippen LogP contribution in [0.25, 0.3) is 0 Å². The fraction of sp³-hybridized carbons (Fsp3) is 1.00. The first-order valence-electron chi connectivity index (χ1n) is 7.25. The summed E-state index contributed by atoms with van der Waals surface area (Å²) in [4.78, 5) is 2.80. The summed E-state index contributed by atoms with van der Waals surface area (Å²) < 4.78 is 0. The van der Waals surface area contributed by atoms with Crippen LogP contribution >= 0.6 is 0 Å². The van der Waals surface area contributed by atoms with Gasteiger partial charge in [-0.05, 0) is 56.8 Å². The zero-order chi connectivity index (χ0) is 11.1. The molecule has 0 aliphatic heterocycles. The van der Waals surface area contributed by atoms with E-state index in [2.05, 4.69) is 11.8 Å². The largest absolute Gasteiger partial charge is 0.326 e. The molecule has 0 aromatic carbocycles. The molecular formula is C14H26N2. The van der Waals surface area contributed by atoms with Crippen LogP contribution in [0.1, 0.15) is 51.9 Å². The van der Waals surface area contributed by atoms with Crippen molar-refractivity contribution in [1.29, 1.82) is 0 Å². The second kappa shape index (κ2) is 4.30. The van der Waals surface area contributed by atoms with Crippen molar-refractivity contribution < 1.29 is 0 Å². The van der Waals surface area contributed by atoms with Gasteiger partial charge in [-0.15, -0.1) is 0 Å². The van der Waals surface area contributed by atoms with Gasteiger partial charge in [-0.25, -0.2) is 0 Å². The van der Waals surface area contributed by atoms with E-state index in [1.54, 1.807) is 0 Å². The molecule has 0 aromatic rings. The summed E-state index contributed by atoms with van der Waals surface area (Å²) in [6.07, 6.45) is 9.76. The molecule has 3 fully saturated rings. The summed E-state index contributed by atoms with van der Waals surface area (Å²) >= 11 is 0. The highest BCUT2D eigenvalue weighted by Crippen LogP contribution is 2.39. The second-order valence-electron chi connectivity index (χ2n) is 6.52. The Labute approximate surface area is 99.6 Å². The Bertz CT molecular complexity index is 243. The zero-order valence-electron chi connectivity index (χ0n) is 10.6. The van der Waals surface area contributed by atoms with Crippen LogP contribution in [-0.2, 0) is 0 Å². The summed E-state index contributed by atoms with van der Waals surface area (Å²) in [5.74, 6) is 1.91. The van der Waals surface area contributed by atoms with Crippen molar-refractivity contribution in [1.82, 2.24) is 4.90 Å². The predicted octanol–water partition coefficient (Wildman–Crippen LogP) is 2.38. The van der Waals surface area contributed by atoms with Crippen molar-refractivity contribution in [3.8, 4) is 0 Å². The standard InChI is InChI=1S/C14H26N2/c1-10-2-7-13(15)14(8-10)16(12-5-6-12)9-11-3-4-11/h10-14H,2-9,15H2,1H3. The van der Waals surface area contributed by atoms with Gasteiger partial charge in [0.1, 0.15) is 0 Å². The molecule has 0 heterocycles. The molecule has 0 radical (unpaired) electrons. The highest BCUT2D eigenvalue weighted by Gasteiger charge is 2.40. The lowest BCUT2D eigenvalue weighted by molar-refractivity contribution is 0.103. The molecule has 2 N–H and O–H groups in total. The lowest BCUT2D eigenvalue weighted by atomic mass is 9.82. The van der Waals surface area contributed by atoms with Crippen molar-refractivity contribution in [3.05, 3.63) is 0 Å². The van der Waals surface area contributed by atoms with Gasteiger partial charge in [-0.3, -0.25) is 4.90 Å².